The molecule has 0 bridgehead atoms. The lowest BCUT2D eigenvalue weighted by Crippen LogP contribution is -2.25. The van der Waals surface area contributed by atoms with E-state index in [4.69, 9.17) is 14.2 Å². The zero-order valence-corrected chi connectivity index (χ0v) is 18.7. The minimum atomic E-state index is -0.425. The number of carbonyl (C=O) groups excluding carboxylic acids is 1. The zero-order chi connectivity index (χ0) is 23.4. The summed E-state index contributed by atoms with van der Waals surface area (Å²) in [6.07, 6.45) is 3.53. The Hall–Kier alpha value is -4.40. The van der Waals surface area contributed by atoms with Gasteiger partial charge in [0.25, 0.3) is 5.91 Å². The van der Waals surface area contributed by atoms with Crippen molar-refractivity contribution in [2.75, 3.05) is 26.8 Å². The number of hydrogen-bond donors (Lipinski definition) is 2. The first-order valence-electron chi connectivity index (χ1n) is 10.1. The second kappa shape index (κ2) is 9.39. The molecule has 2 N–H and O–H groups in total. The first-order chi connectivity index (χ1) is 16.0. The molecule has 0 radical (unpaired) electrons. The molecule has 1 amide bonds. The maximum Gasteiger partial charge on any atom is 0.294 e. The summed E-state index contributed by atoms with van der Waals surface area (Å²) >= 11 is 0. The van der Waals surface area contributed by atoms with Gasteiger partial charge in [0.05, 0.1) is 27.0 Å². The summed E-state index contributed by atoms with van der Waals surface area (Å²) in [5.41, 5.74) is 10.3. The number of ether oxygens (including phenoxy) is 3. The molecule has 0 atom stereocenters. The summed E-state index contributed by atoms with van der Waals surface area (Å²) in [6, 6.07) is 13.1. The van der Waals surface area contributed by atoms with Gasteiger partial charge in [0.1, 0.15) is 5.71 Å². The Morgan fingerprint density at radius 1 is 0.970 bits per heavy atom. The van der Waals surface area contributed by atoms with Crippen LogP contribution in [0.3, 0.4) is 0 Å². The van der Waals surface area contributed by atoms with Crippen molar-refractivity contribution < 1.29 is 19.0 Å². The number of amides is 1. The van der Waals surface area contributed by atoms with Crippen LogP contribution in [0.15, 0.2) is 65.1 Å². The van der Waals surface area contributed by atoms with Crippen LogP contribution in [0.4, 0.5) is 5.69 Å². The number of hydrogen-bond acceptors (Lipinski definition) is 8. The summed E-state index contributed by atoms with van der Waals surface area (Å²) in [4.78, 5) is 16.7. The predicted molar refractivity (Wildman–Crippen MR) is 126 cm³/mol. The van der Waals surface area contributed by atoms with E-state index in [-0.39, 0.29) is 5.71 Å². The Morgan fingerprint density at radius 2 is 1.73 bits per heavy atom. The second-order valence-electron chi connectivity index (χ2n) is 7.16. The van der Waals surface area contributed by atoms with Crippen LogP contribution in [-0.4, -0.2) is 43.6 Å². The summed E-state index contributed by atoms with van der Waals surface area (Å²) in [5, 5.41) is 8.50. The molecule has 1 aliphatic rings. The molecule has 9 heteroatoms. The molecule has 2 aromatic carbocycles. The molecule has 0 saturated carbocycles. The predicted octanol–water partition coefficient (Wildman–Crippen LogP) is 3.38. The van der Waals surface area contributed by atoms with Crippen molar-refractivity contribution in [3.63, 3.8) is 0 Å². The highest BCUT2D eigenvalue weighted by molar-refractivity contribution is 6.72. The molecule has 1 aromatic heterocycles. The lowest BCUT2D eigenvalue weighted by atomic mass is 10.0. The summed E-state index contributed by atoms with van der Waals surface area (Å²) in [5.74, 6) is 0.911. The van der Waals surface area contributed by atoms with Crippen molar-refractivity contribution in [1.29, 1.82) is 0 Å². The van der Waals surface area contributed by atoms with Gasteiger partial charge in [0.15, 0.2) is 17.2 Å². The van der Waals surface area contributed by atoms with Crippen molar-refractivity contribution in [3.05, 3.63) is 66.0 Å². The van der Waals surface area contributed by atoms with Crippen LogP contribution in [0, 0.1) is 6.92 Å². The van der Waals surface area contributed by atoms with Crippen LogP contribution in [0.25, 0.3) is 11.1 Å². The Labute approximate surface area is 191 Å². The van der Waals surface area contributed by atoms with Gasteiger partial charge in [0.2, 0.25) is 5.75 Å². The first-order valence-corrected chi connectivity index (χ1v) is 10.1. The first kappa shape index (κ1) is 21.8. The van der Waals surface area contributed by atoms with E-state index in [1.165, 1.54) is 21.3 Å². The highest BCUT2D eigenvalue weighted by Gasteiger charge is 2.28. The number of anilines is 1. The molecule has 33 heavy (non-hydrogen) atoms. The van der Waals surface area contributed by atoms with Gasteiger partial charge < -0.3 is 14.2 Å². The van der Waals surface area contributed by atoms with Crippen molar-refractivity contribution >= 4 is 23.0 Å². The number of carbonyl (C=O) groups is 1. The molecule has 1 aliphatic heterocycles. The third-order valence-electron chi connectivity index (χ3n) is 5.15. The van der Waals surface area contributed by atoms with Gasteiger partial charge in [-0.3, -0.25) is 15.2 Å². The number of aryl methyl sites for hydroxylation is 1. The molecule has 168 valence electrons. The van der Waals surface area contributed by atoms with E-state index in [2.05, 4.69) is 26.0 Å². The van der Waals surface area contributed by atoms with Gasteiger partial charge in [-0.15, -0.1) is 0 Å². The van der Waals surface area contributed by atoms with Crippen LogP contribution in [-0.2, 0) is 4.79 Å². The molecule has 0 aliphatic carbocycles. The normalized spacial score (nSPS) is 14.0. The van der Waals surface area contributed by atoms with Gasteiger partial charge in [-0.25, -0.2) is 5.43 Å². The number of benzene rings is 2. The SMILES string of the molecule is COc1cc(C2=NNC(=O)/C2=N/Nc2ccc(C)c(-c3cccnc3)c2)cc(OC)c1OC. The fraction of sp³-hybridized carbons (Fsp3) is 0.167. The largest absolute Gasteiger partial charge is 0.493 e. The zero-order valence-electron chi connectivity index (χ0n) is 18.7. The fourth-order valence-electron chi connectivity index (χ4n) is 3.49. The van der Waals surface area contributed by atoms with Gasteiger partial charge in [-0.05, 0) is 48.4 Å². The maximum atomic E-state index is 12.5. The Morgan fingerprint density at radius 3 is 2.36 bits per heavy atom. The standard InChI is InChI=1S/C24H23N5O4/c1-14-7-8-17(12-18(14)15-6-5-9-25-13-15)26-28-22-21(27-29-24(22)30)16-10-19(31-2)23(33-4)20(11-16)32-3/h5-13,26H,1-4H3,(H,28,29,30). The van der Waals surface area contributed by atoms with Gasteiger partial charge in [-0.2, -0.15) is 10.2 Å². The second-order valence-corrected chi connectivity index (χ2v) is 7.16. The van der Waals surface area contributed by atoms with E-state index >= 15 is 0 Å². The highest BCUT2D eigenvalue weighted by Crippen LogP contribution is 2.38. The molecule has 2 heterocycles. The fourth-order valence-corrected chi connectivity index (χ4v) is 3.49. The number of nitrogens with zero attached hydrogens (tertiary/aromatic N) is 3. The number of methoxy groups -OCH3 is 3. The monoisotopic (exact) mass is 445 g/mol. The molecule has 0 fully saturated rings. The summed E-state index contributed by atoms with van der Waals surface area (Å²) < 4.78 is 16.2. The molecule has 0 spiro atoms. The third kappa shape index (κ3) is 4.33. The van der Waals surface area contributed by atoms with E-state index in [0.29, 0.717) is 28.5 Å². The Kier molecular flexibility index (Phi) is 6.21. The molecule has 3 aromatic rings. The van der Waals surface area contributed by atoms with E-state index in [0.717, 1.165) is 22.4 Å². The van der Waals surface area contributed by atoms with Gasteiger partial charge in [-0.1, -0.05) is 12.1 Å². The summed E-state index contributed by atoms with van der Waals surface area (Å²) in [7, 11) is 4.57. The molecular weight excluding hydrogens is 422 g/mol. The van der Waals surface area contributed by atoms with Crippen LogP contribution in [0.5, 0.6) is 17.2 Å². The van der Waals surface area contributed by atoms with Crippen LogP contribution in [0.2, 0.25) is 0 Å². The number of hydrazone groups is 2. The Balaban J connectivity index is 1.67. The molecule has 9 nitrogen and oxygen atoms in total. The number of rotatable bonds is 7. The van der Waals surface area contributed by atoms with Crippen LogP contribution < -0.4 is 25.1 Å². The number of aromatic nitrogens is 1. The molecule has 4 rings (SSSR count). The number of pyridine rings is 1. The maximum absolute atomic E-state index is 12.5. The quantitative estimate of drug-likeness (QED) is 0.540. The third-order valence-corrected chi connectivity index (χ3v) is 5.15. The van der Waals surface area contributed by atoms with E-state index in [9.17, 15) is 4.79 Å². The molecule has 0 saturated heterocycles. The van der Waals surface area contributed by atoms with E-state index in [1.807, 2.05) is 37.3 Å². The summed E-state index contributed by atoms with van der Waals surface area (Å²) in [6.45, 7) is 2.03. The van der Waals surface area contributed by atoms with Crippen molar-refractivity contribution in [2.24, 2.45) is 10.2 Å². The van der Waals surface area contributed by atoms with Crippen molar-refractivity contribution in [2.45, 2.75) is 6.92 Å². The van der Waals surface area contributed by atoms with Gasteiger partial charge in [0, 0.05) is 23.5 Å². The van der Waals surface area contributed by atoms with E-state index < -0.39 is 5.91 Å². The topological polar surface area (TPSA) is 106 Å². The van der Waals surface area contributed by atoms with Crippen molar-refractivity contribution in [1.82, 2.24) is 10.4 Å². The average Bonchev–Trinajstić information content (AvgIpc) is 3.23. The lowest BCUT2D eigenvalue weighted by molar-refractivity contribution is -0.114. The van der Waals surface area contributed by atoms with Crippen LogP contribution >= 0.6 is 0 Å². The minimum absolute atomic E-state index is 0.132. The Bertz CT molecular complexity index is 1230. The molecule has 0 unspecified atom stereocenters. The molecular formula is C24H23N5O4. The highest BCUT2D eigenvalue weighted by atomic mass is 16.5. The average molecular weight is 445 g/mol. The smallest absolute Gasteiger partial charge is 0.294 e. The van der Waals surface area contributed by atoms with Gasteiger partial charge >= 0.3 is 0 Å². The lowest BCUT2D eigenvalue weighted by Gasteiger charge is -2.14. The van der Waals surface area contributed by atoms with E-state index in [1.54, 1.807) is 24.5 Å². The minimum Gasteiger partial charge on any atom is -0.493 e. The van der Waals surface area contributed by atoms with Crippen LogP contribution in [0.1, 0.15) is 11.1 Å². The van der Waals surface area contributed by atoms with Crippen molar-refractivity contribution in [3.8, 4) is 28.4 Å². The number of nitrogens with one attached hydrogen (secondary N) is 2.